The summed E-state index contributed by atoms with van der Waals surface area (Å²) in [6, 6.07) is 12.9. The van der Waals surface area contributed by atoms with Gasteiger partial charge in [0, 0.05) is 61.6 Å². The van der Waals surface area contributed by atoms with Crippen LogP contribution in [-0.2, 0) is 4.74 Å². The molecule has 0 aliphatic carbocycles. The minimum Gasteiger partial charge on any atom is -0.371 e. The number of amides is 2. The highest BCUT2D eigenvalue weighted by molar-refractivity contribution is 5.99. The molecule has 35 heavy (non-hydrogen) atoms. The predicted octanol–water partition coefficient (Wildman–Crippen LogP) is 4.40. The highest BCUT2D eigenvalue weighted by Crippen LogP contribution is 2.31. The van der Waals surface area contributed by atoms with Crippen molar-refractivity contribution in [3.8, 4) is 11.4 Å². The van der Waals surface area contributed by atoms with Crippen LogP contribution in [0, 0.1) is 0 Å². The molecule has 2 aliphatic heterocycles. The first-order chi connectivity index (χ1) is 17.1. The van der Waals surface area contributed by atoms with Crippen LogP contribution in [0.15, 0.2) is 54.9 Å². The monoisotopic (exact) mass is 473 g/mol. The molecule has 2 unspecified atom stereocenters. The maximum atomic E-state index is 12.3. The van der Waals surface area contributed by atoms with E-state index < -0.39 is 0 Å². The Morgan fingerprint density at radius 2 is 1.60 bits per heavy atom. The van der Waals surface area contributed by atoms with Crippen molar-refractivity contribution >= 4 is 29.0 Å². The van der Waals surface area contributed by atoms with E-state index in [2.05, 4.69) is 45.3 Å². The lowest BCUT2D eigenvalue weighted by atomic mass is 10.2. The number of fused-ring (bicyclic) bond motifs is 2. The normalized spacial score (nSPS) is 18.9. The molecular weight excluding hydrogens is 442 g/mol. The van der Waals surface area contributed by atoms with Crippen LogP contribution in [0.25, 0.3) is 11.4 Å². The summed E-state index contributed by atoms with van der Waals surface area (Å²) in [6.07, 6.45) is 6.07. The van der Waals surface area contributed by atoms with E-state index in [0.717, 1.165) is 56.2 Å². The minimum absolute atomic E-state index is 0.285. The van der Waals surface area contributed by atoms with Crippen LogP contribution in [0.4, 0.5) is 27.8 Å². The Labute approximate surface area is 205 Å². The lowest BCUT2D eigenvalue weighted by Gasteiger charge is -2.33. The number of nitrogens with zero attached hydrogens (tertiary/aromatic N) is 5. The fourth-order valence-corrected chi connectivity index (χ4v) is 4.66. The van der Waals surface area contributed by atoms with Gasteiger partial charge in [0.25, 0.3) is 0 Å². The van der Waals surface area contributed by atoms with Gasteiger partial charge in [-0.3, -0.25) is 4.98 Å². The summed E-state index contributed by atoms with van der Waals surface area (Å²) in [5.41, 5.74) is 2.27. The summed E-state index contributed by atoms with van der Waals surface area (Å²) in [5, 5.41) is 5.64. The third-order valence-corrected chi connectivity index (χ3v) is 6.49. The van der Waals surface area contributed by atoms with Gasteiger partial charge in [-0.2, -0.15) is 0 Å². The summed E-state index contributed by atoms with van der Waals surface area (Å²) in [4.78, 5) is 30.7. The summed E-state index contributed by atoms with van der Waals surface area (Å²) >= 11 is 0. The Balaban J connectivity index is 1.37. The highest BCUT2D eigenvalue weighted by atomic mass is 16.5. The van der Waals surface area contributed by atoms with Gasteiger partial charge < -0.3 is 25.2 Å². The topological polar surface area (TPSA) is 95.5 Å². The number of ether oxygens (including phenoxy) is 1. The first-order valence-corrected chi connectivity index (χ1v) is 12.2. The average molecular weight is 474 g/mol. The maximum absolute atomic E-state index is 12.3. The van der Waals surface area contributed by atoms with E-state index in [9.17, 15) is 4.79 Å². The second-order valence-electron chi connectivity index (χ2n) is 8.84. The number of anilines is 4. The zero-order valence-electron chi connectivity index (χ0n) is 20.1. The Hall–Kier alpha value is -3.72. The quantitative estimate of drug-likeness (QED) is 0.525. The smallest absolute Gasteiger partial charge is 0.323 e. The Morgan fingerprint density at radius 3 is 2.23 bits per heavy atom. The van der Waals surface area contributed by atoms with Gasteiger partial charge in [-0.05, 0) is 63.1 Å². The Bertz CT molecular complexity index is 1140. The van der Waals surface area contributed by atoms with Gasteiger partial charge in [0.05, 0.1) is 12.2 Å². The van der Waals surface area contributed by atoms with Crippen molar-refractivity contribution in [2.24, 2.45) is 0 Å². The molecule has 2 bridgehead atoms. The van der Waals surface area contributed by atoms with Crippen molar-refractivity contribution < 1.29 is 9.53 Å². The number of carbonyl (C=O) groups excluding carboxylic acids is 1. The number of aromatic nitrogens is 3. The fraction of sp³-hybridized carbons (Fsp3) is 0.385. The van der Waals surface area contributed by atoms with Crippen molar-refractivity contribution in [3.05, 3.63) is 54.9 Å². The maximum Gasteiger partial charge on any atom is 0.323 e. The molecule has 0 radical (unpaired) electrons. The molecule has 1 aromatic carbocycles. The number of pyridine rings is 1. The largest absolute Gasteiger partial charge is 0.371 e. The van der Waals surface area contributed by atoms with Gasteiger partial charge in [0.2, 0.25) is 0 Å². The van der Waals surface area contributed by atoms with Crippen molar-refractivity contribution in [1.82, 2.24) is 15.0 Å². The van der Waals surface area contributed by atoms with Crippen molar-refractivity contribution in [3.63, 3.8) is 0 Å². The molecule has 0 spiro atoms. The number of morpholine rings is 1. The second kappa shape index (κ2) is 10.3. The fourth-order valence-electron chi connectivity index (χ4n) is 4.66. The first-order valence-electron chi connectivity index (χ1n) is 12.2. The number of benzene rings is 1. The zero-order valence-corrected chi connectivity index (χ0v) is 20.1. The SMILES string of the molecule is CCN(CC)c1cc(N2CC3CCC(C2)O3)nc(-c2ccc(NC(=O)Nc3ccncc3)cc2)n1. The molecule has 2 aliphatic rings. The molecule has 9 heteroatoms. The van der Waals surface area contributed by atoms with E-state index in [-0.39, 0.29) is 18.2 Å². The van der Waals surface area contributed by atoms with Crippen LogP contribution in [0.5, 0.6) is 0 Å². The van der Waals surface area contributed by atoms with Crippen LogP contribution in [0.3, 0.4) is 0 Å². The van der Waals surface area contributed by atoms with Crippen molar-refractivity contribution in [2.45, 2.75) is 38.9 Å². The van der Waals surface area contributed by atoms with Crippen molar-refractivity contribution in [2.75, 3.05) is 46.6 Å². The highest BCUT2D eigenvalue weighted by Gasteiger charge is 2.34. The summed E-state index contributed by atoms with van der Waals surface area (Å²) in [5.74, 6) is 2.54. The molecular formula is C26H31N7O2. The van der Waals surface area contributed by atoms with Gasteiger partial charge in [-0.25, -0.2) is 14.8 Å². The van der Waals surface area contributed by atoms with Gasteiger partial charge in [-0.1, -0.05) is 0 Å². The van der Waals surface area contributed by atoms with Gasteiger partial charge in [0.15, 0.2) is 5.82 Å². The molecule has 2 N–H and O–H groups in total. The lowest BCUT2D eigenvalue weighted by molar-refractivity contribution is 0.0302. The number of rotatable bonds is 7. The summed E-state index contributed by atoms with van der Waals surface area (Å²) in [7, 11) is 0. The van der Waals surface area contributed by atoms with E-state index in [0.29, 0.717) is 17.2 Å². The number of carbonyl (C=O) groups is 1. The third-order valence-electron chi connectivity index (χ3n) is 6.49. The predicted molar refractivity (Wildman–Crippen MR) is 138 cm³/mol. The van der Waals surface area contributed by atoms with E-state index in [1.54, 1.807) is 24.5 Å². The molecule has 2 fully saturated rings. The van der Waals surface area contributed by atoms with Crippen LogP contribution < -0.4 is 20.4 Å². The molecule has 0 saturated carbocycles. The van der Waals surface area contributed by atoms with Gasteiger partial charge in [-0.15, -0.1) is 0 Å². The summed E-state index contributed by atoms with van der Waals surface area (Å²) in [6.45, 7) is 7.74. The zero-order chi connectivity index (χ0) is 24.2. The standard InChI is InChI=1S/C26H31N7O2/c1-3-32(4-2)23-15-24(33-16-21-9-10-22(17-33)35-21)31-25(30-23)18-5-7-19(8-6-18)28-26(34)29-20-11-13-27-14-12-20/h5-8,11-15,21-22H,3-4,9-10,16-17H2,1-2H3,(H2,27,28,29,34). The molecule has 9 nitrogen and oxygen atoms in total. The van der Waals surface area contributed by atoms with E-state index in [4.69, 9.17) is 14.7 Å². The number of hydrogen-bond donors (Lipinski definition) is 2. The average Bonchev–Trinajstić information content (AvgIpc) is 3.22. The van der Waals surface area contributed by atoms with Gasteiger partial charge in [0.1, 0.15) is 11.6 Å². The number of urea groups is 1. The minimum atomic E-state index is -0.312. The molecule has 3 aromatic rings. The van der Waals surface area contributed by atoms with Crippen LogP contribution >= 0.6 is 0 Å². The van der Waals surface area contributed by atoms with Gasteiger partial charge >= 0.3 is 6.03 Å². The molecule has 2 saturated heterocycles. The van der Waals surface area contributed by atoms with E-state index in [1.165, 1.54) is 0 Å². The third kappa shape index (κ3) is 5.35. The van der Waals surface area contributed by atoms with Crippen LogP contribution in [0.1, 0.15) is 26.7 Å². The second-order valence-corrected chi connectivity index (χ2v) is 8.84. The molecule has 2 atom stereocenters. The molecule has 5 rings (SSSR count). The van der Waals surface area contributed by atoms with Crippen LogP contribution in [0.2, 0.25) is 0 Å². The lowest BCUT2D eigenvalue weighted by Crippen LogP contribution is -2.43. The molecule has 2 amide bonds. The number of hydrogen-bond acceptors (Lipinski definition) is 7. The Kier molecular flexibility index (Phi) is 6.76. The summed E-state index contributed by atoms with van der Waals surface area (Å²) < 4.78 is 6.03. The first kappa shape index (κ1) is 23.0. The molecule has 182 valence electrons. The molecule has 2 aromatic heterocycles. The number of nitrogens with one attached hydrogen (secondary N) is 2. The Morgan fingerprint density at radius 1 is 0.971 bits per heavy atom. The van der Waals surface area contributed by atoms with Crippen LogP contribution in [-0.4, -0.2) is 59.4 Å². The van der Waals surface area contributed by atoms with E-state index >= 15 is 0 Å². The van der Waals surface area contributed by atoms with Crippen molar-refractivity contribution in [1.29, 1.82) is 0 Å². The molecule has 4 heterocycles. The van der Waals surface area contributed by atoms with E-state index in [1.807, 2.05) is 24.3 Å².